The van der Waals surface area contributed by atoms with Crippen molar-refractivity contribution in [2.24, 2.45) is 10.9 Å². The third-order valence-electron chi connectivity index (χ3n) is 5.73. The number of hydrogen-bond acceptors (Lipinski definition) is 2. The molecule has 0 bridgehead atoms. The molecule has 1 aliphatic rings. The lowest BCUT2D eigenvalue weighted by Gasteiger charge is -2.20. The smallest absolute Gasteiger partial charge is 0.190 e. The van der Waals surface area contributed by atoms with Crippen molar-refractivity contribution in [2.45, 2.75) is 25.7 Å². The van der Waals surface area contributed by atoms with Crippen LogP contribution in [0, 0.1) is 5.92 Å². The Kier molecular flexibility index (Phi) is 10.5. The van der Waals surface area contributed by atoms with Crippen molar-refractivity contribution in [2.75, 3.05) is 39.8 Å². The van der Waals surface area contributed by atoms with Gasteiger partial charge in [-0.15, -0.1) is 24.0 Å². The van der Waals surface area contributed by atoms with Gasteiger partial charge in [-0.2, -0.15) is 0 Å². The van der Waals surface area contributed by atoms with Crippen LogP contribution in [0.3, 0.4) is 0 Å². The Hall–Kier alpha value is -1.60. The molecule has 1 saturated heterocycles. The second-order valence-corrected chi connectivity index (χ2v) is 7.59. The molecule has 3 rings (SSSR count). The maximum Gasteiger partial charge on any atom is 0.190 e. The highest BCUT2D eigenvalue weighted by atomic mass is 127. The number of benzene rings is 2. The van der Waals surface area contributed by atoms with Gasteiger partial charge in [-0.25, -0.2) is 0 Å². The fraction of sp³-hybridized carbons (Fsp3) is 0.458. The van der Waals surface area contributed by atoms with Crippen molar-refractivity contribution in [3.63, 3.8) is 0 Å². The lowest BCUT2D eigenvalue weighted by atomic mass is 9.88. The lowest BCUT2D eigenvalue weighted by molar-refractivity contribution is 0.342. The zero-order valence-electron chi connectivity index (χ0n) is 17.7. The van der Waals surface area contributed by atoms with E-state index in [1.54, 1.807) is 0 Å². The summed E-state index contributed by atoms with van der Waals surface area (Å²) in [5.74, 6) is 2.02. The molecule has 2 N–H and O–H groups in total. The summed E-state index contributed by atoms with van der Waals surface area (Å²) in [6.45, 7) is 7.71. The quantitative estimate of drug-likeness (QED) is 0.318. The molecule has 5 heteroatoms. The Morgan fingerprint density at radius 2 is 1.66 bits per heavy atom. The van der Waals surface area contributed by atoms with Crippen LogP contribution in [0.2, 0.25) is 0 Å². The molecule has 29 heavy (non-hydrogen) atoms. The van der Waals surface area contributed by atoms with Gasteiger partial charge in [-0.05, 0) is 43.0 Å². The van der Waals surface area contributed by atoms with E-state index < -0.39 is 0 Å². The van der Waals surface area contributed by atoms with Crippen molar-refractivity contribution in [1.29, 1.82) is 0 Å². The second kappa shape index (κ2) is 12.9. The van der Waals surface area contributed by atoms with Gasteiger partial charge in [0.25, 0.3) is 0 Å². The molecule has 2 aromatic rings. The van der Waals surface area contributed by atoms with Gasteiger partial charge in [0.05, 0.1) is 0 Å². The molecule has 0 spiro atoms. The average Bonchev–Trinajstić information content (AvgIpc) is 3.23. The minimum absolute atomic E-state index is 0. The summed E-state index contributed by atoms with van der Waals surface area (Å²) in [6.07, 6.45) is 2.31. The zero-order chi connectivity index (χ0) is 19.6. The average molecular weight is 506 g/mol. The number of guanidine groups is 1. The van der Waals surface area contributed by atoms with E-state index in [-0.39, 0.29) is 24.0 Å². The first-order valence-corrected chi connectivity index (χ1v) is 10.6. The minimum Gasteiger partial charge on any atom is -0.356 e. The molecular formula is C24H35IN4. The van der Waals surface area contributed by atoms with E-state index in [1.165, 1.54) is 30.6 Å². The van der Waals surface area contributed by atoms with Crippen LogP contribution in [0.25, 0.3) is 0 Å². The third kappa shape index (κ3) is 7.30. The standard InChI is InChI=1S/C24H34N4.HI/c1-3-28-17-15-20(19-28)18-27-24(25-2)26-16-14-23(21-10-6-4-7-11-21)22-12-8-5-9-13-22;/h4-13,20,23H,3,14-19H2,1-2H3,(H2,25,26,27);1H. The molecule has 158 valence electrons. The van der Waals surface area contributed by atoms with Gasteiger partial charge in [0.15, 0.2) is 5.96 Å². The lowest BCUT2D eigenvalue weighted by Crippen LogP contribution is -2.41. The summed E-state index contributed by atoms with van der Waals surface area (Å²) in [6, 6.07) is 21.6. The molecule has 0 amide bonds. The maximum absolute atomic E-state index is 4.41. The van der Waals surface area contributed by atoms with E-state index >= 15 is 0 Å². The fourth-order valence-electron chi connectivity index (χ4n) is 4.06. The van der Waals surface area contributed by atoms with Crippen LogP contribution in [0.1, 0.15) is 36.8 Å². The van der Waals surface area contributed by atoms with E-state index in [1.807, 2.05) is 7.05 Å². The first kappa shape index (κ1) is 23.7. The van der Waals surface area contributed by atoms with Crippen molar-refractivity contribution >= 4 is 29.9 Å². The van der Waals surface area contributed by atoms with E-state index in [9.17, 15) is 0 Å². The molecule has 1 unspecified atom stereocenters. The van der Waals surface area contributed by atoms with Gasteiger partial charge in [0.1, 0.15) is 0 Å². The van der Waals surface area contributed by atoms with Gasteiger partial charge in [0, 0.05) is 32.6 Å². The highest BCUT2D eigenvalue weighted by Gasteiger charge is 2.21. The Morgan fingerprint density at radius 3 is 2.17 bits per heavy atom. The van der Waals surface area contributed by atoms with Crippen molar-refractivity contribution in [3.05, 3.63) is 71.8 Å². The summed E-state index contributed by atoms with van der Waals surface area (Å²) in [5.41, 5.74) is 2.73. The molecule has 1 atom stereocenters. The number of rotatable bonds is 8. The molecule has 0 aliphatic carbocycles. The second-order valence-electron chi connectivity index (χ2n) is 7.59. The van der Waals surface area contributed by atoms with Crippen LogP contribution in [0.4, 0.5) is 0 Å². The van der Waals surface area contributed by atoms with Gasteiger partial charge < -0.3 is 15.5 Å². The molecule has 2 aromatic carbocycles. The predicted octanol–water partition coefficient (Wildman–Crippen LogP) is 4.33. The van der Waals surface area contributed by atoms with E-state index in [0.29, 0.717) is 5.92 Å². The van der Waals surface area contributed by atoms with Crippen LogP contribution in [0.15, 0.2) is 65.7 Å². The normalized spacial score (nSPS) is 17.2. The number of likely N-dealkylation sites (tertiary alicyclic amines) is 1. The largest absolute Gasteiger partial charge is 0.356 e. The van der Waals surface area contributed by atoms with Crippen LogP contribution < -0.4 is 10.6 Å². The van der Waals surface area contributed by atoms with Crippen LogP contribution in [-0.4, -0.2) is 50.6 Å². The number of halogens is 1. The predicted molar refractivity (Wildman–Crippen MR) is 134 cm³/mol. The van der Waals surface area contributed by atoms with Gasteiger partial charge in [-0.1, -0.05) is 67.6 Å². The summed E-state index contributed by atoms with van der Waals surface area (Å²) in [5, 5.41) is 7.04. The summed E-state index contributed by atoms with van der Waals surface area (Å²) in [7, 11) is 1.86. The van der Waals surface area contributed by atoms with Gasteiger partial charge >= 0.3 is 0 Å². The summed E-state index contributed by atoms with van der Waals surface area (Å²) < 4.78 is 0. The highest BCUT2D eigenvalue weighted by molar-refractivity contribution is 14.0. The fourth-order valence-corrected chi connectivity index (χ4v) is 4.06. The van der Waals surface area contributed by atoms with Crippen molar-refractivity contribution in [1.82, 2.24) is 15.5 Å². The highest BCUT2D eigenvalue weighted by Crippen LogP contribution is 2.27. The zero-order valence-corrected chi connectivity index (χ0v) is 20.0. The number of hydrogen-bond donors (Lipinski definition) is 2. The Balaban J connectivity index is 0.00000300. The first-order chi connectivity index (χ1) is 13.8. The van der Waals surface area contributed by atoms with Crippen LogP contribution in [0.5, 0.6) is 0 Å². The molecule has 0 aromatic heterocycles. The summed E-state index contributed by atoms with van der Waals surface area (Å²) >= 11 is 0. The van der Waals surface area contributed by atoms with Crippen molar-refractivity contribution < 1.29 is 0 Å². The van der Waals surface area contributed by atoms with E-state index in [2.05, 4.69) is 88.1 Å². The van der Waals surface area contributed by atoms with Crippen LogP contribution in [-0.2, 0) is 0 Å². The maximum atomic E-state index is 4.41. The molecule has 0 radical (unpaired) electrons. The third-order valence-corrected chi connectivity index (χ3v) is 5.73. The number of nitrogens with zero attached hydrogens (tertiary/aromatic N) is 2. The Bertz CT molecular complexity index is 681. The minimum atomic E-state index is 0. The summed E-state index contributed by atoms with van der Waals surface area (Å²) in [4.78, 5) is 6.93. The first-order valence-electron chi connectivity index (χ1n) is 10.6. The van der Waals surface area contributed by atoms with Crippen LogP contribution >= 0.6 is 24.0 Å². The topological polar surface area (TPSA) is 39.7 Å². The molecule has 0 saturated carbocycles. The number of nitrogens with one attached hydrogen (secondary N) is 2. The Labute approximate surface area is 193 Å². The van der Waals surface area contributed by atoms with E-state index in [4.69, 9.17) is 0 Å². The molecule has 1 aliphatic heterocycles. The molecule has 4 nitrogen and oxygen atoms in total. The molecular weight excluding hydrogens is 471 g/mol. The monoisotopic (exact) mass is 506 g/mol. The number of aliphatic imine (C=N–C) groups is 1. The SMILES string of the molecule is CCN1CCC(CNC(=NC)NCCC(c2ccccc2)c2ccccc2)C1.I. The van der Waals surface area contributed by atoms with Crippen molar-refractivity contribution in [3.8, 4) is 0 Å². The molecule has 1 fully saturated rings. The van der Waals surface area contributed by atoms with Gasteiger partial charge in [0.2, 0.25) is 0 Å². The van der Waals surface area contributed by atoms with Gasteiger partial charge in [-0.3, -0.25) is 4.99 Å². The van der Waals surface area contributed by atoms with E-state index in [0.717, 1.165) is 37.9 Å². The Morgan fingerprint density at radius 1 is 1.03 bits per heavy atom. The molecule has 1 heterocycles.